The number of halogens is 3. The highest BCUT2D eigenvalue weighted by Crippen LogP contribution is 2.30. The van der Waals surface area contributed by atoms with E-state index in [2.05, 4.69) is 27.3 Å². The molecule has 1 N–H and O–H groups in total. The number of carbonyl (C=O) groups is 2. The quantitative estimate of drug-likeness (QED) is 0.525. The molecule has 1 fully saturated rings. The van der Waals surface area contributed by atoms with Gasteiger partial charge in [0.1, 0.15) is 17.7 Å². The van der Waals surface area contributed by atoms with Crippen molar-refractivity contribution in [3.63, 3.8) is 0 Å². The van der Waals surface area contributed by atoms with Crippen molar-refractivity contribution in [1.29, 1.82) is 0 Å². The number of benzene rings is 1. The number of pyridine rings is 2. The molecule has 1 saturated heterocycles. The van der Waals surface area contributed by atoms with Crippen LogP contribution >= 0.6 is 0 Å². The summed E-state index contributed by atoms with van der Waals surface area (Å²) < 4.78 is 52.6. The third kappa shape index (κ3) is 6.62. The first-order chi connectivity index (χ1) is 17.9. The fraction of sp³-hybridized carbons (Fsp3) is 0.231. The fourth-order valence-electron chi connectivity index (χ4n) is 3.75. The highest BCUT2D eigenvalue weighted by Gasteiger charge is 2.23. The molecule has 1 aromatic carbocycles. The van der Waals surface area contributed by atoms with Crippen molar-refractivity contribution in [3.8, 4) is 12.0 Å². The number of aromatic nitrogens is 2. The van der Waals surface area contributed by atoms with Crippen molar-refractivity contribution in [2.24, 2.45) is 0 Å². The van der Waals surface area contributed by atoms with Gasteiger partial charge in [0.2, 0.25) is 5.91 Å². The highest BCUT2D eigenvalue weighted by atomic mass is 19.1. The molecule has 1 aliphatic rings. The molecule has 37 heavy (non-hydrogen) atoms. The van der Waals surface area contributed by atoms with Gasteiger partial charge in [0.25, 0.3) is 0 Å². The molecule has 8 nitrogen and oxygen atoms in total. The lowest BCUT2D eigenvalue weighted by Crippen LogP contribution is -2.40. The molecular formula is C26H21F3N4O4. The maximum Gasteiger partial charge on any atom is 0.424 e. The number of anilines is 1. The topological polar surface area (TPSA) is 93.7 Å². The van der Waals surface area contributed by atoms with Crippen molar-refractivity contribution < 1.29 is 32.2 Å². The summed E-state index contributed by atoms with van der Waals surface area (Å²) in [6.45, 7) is 1.44. The molecule has 0 radical (unpaired) electrons. The van der Waals surface area contributed by atoms with E-state index in [-0.39, 0.29) is 23.2 Å². The van der Waals surface area contributed by atoms with Crippen molar-refractivity contribution in [2.45, 2.75) is 12.3 Å². The van der Waals surface area contributed by atoms with Crippen LogP contribution in [0.1, 0.15) is 29.0 Å². The van der Waals surface area contributed by atoms with Gasteiger partial charge in [0.15, 0.2) is 5.82 Å². The first-order valence-electron chi connectivity index (χ1n) is 11.2. The Morgan fingerprint density at radius 2 is 1.76 bits per heavy atom. The van der Waals surface area contributed by atoms with Gasteiger partial charge in [-0.2, -0.15) is 0 Å². The molecule has 3 heterocycles. The molecule has 0 bridgehead atoms. The minimum absolute atomic E-state index is 0.0621. The summed E-state index contributed by atoms with van der Waals surface area (Å²) in [5, 5.41) is 2.53. The molecule has 0 aliphatic carbocycles. The van der Waals surface area contributed by atoms with Crippen molar-refractivity contribution in [2.75, 3.05) is 31.6 Å². The summed E-state index contributed by atoms with van der Waals surface area (Å²) in [5.74, 6) is -0.949. The summed E-state index contributed by atoms with van der Waals surface area (Å²) in [7, 11) is 0. The lowest BCUT2D eigenvalue weighted by molar-refractivity contribution is -0.116. The molecule has 0 saturated carbocycles. The Kier molecular flexibility index (Phi) is 8.33. The second kappa shape index (κ2) is 12.0. The van der Waals surface area contributed by atoms with Gasteiger partial charge >= 0.3 is 6.09 Å². The molecular weight excluding hydrogens is 489 g/mol. The summed E-state index contributed by atoms with van der Waals surface area (Å²) in [4.78, 5) is 33.9. The van der Waals surface area contributed by atoms with E-state index in [1.165, 1.54) is 47.6 Å². The molecule has 190 valence electrons. The predicted molar refractivity (Wildman–Crippen MR) is 126 cm³/mol. The maximum atomic E-state index is 14.5. The van der Waals surface area contributed by atoms with Crippen molar-refractivity contribution >= 4 is 17.7 Å². The number of rotatable bonds is 5. The number of ether oxygens (including phenoxy) is 2. The van der Waals surface area contributed by atoms with Crippen LogP contribution in [0.4, 0.5) is 23.7 Å². The number of nitrogens with zero attached hydrogens (tertiary/aromatic N) is 3. The average molecular weight is 510 g/mol. The van der Waals surface area contributed by atoms with Crippen LogP contribution < -0.4 is 5.32 Å². The van der Waals surface area contributed by atoms with Crippen LogP contribution in [-0.2, 0) is 14.3 Å². The van der Waals surface area contributed by atoms with Gasteiger partial charge < -0.3 is 19.7 Å². The lowest BCUT2D eigenvalue weighted by Gasteiger charge is -2.24. The van der Waals surface area contributed by atoms with Gasteiger partial charge in [0, 0.05) is 31.6 Å². The molecule has 0 unspecified atom stereocenters. The molecule has 2 aromatic heterocycles. The van der Waals surface area contributed by atoms with Crippen LogP contribution in [0.25, 0.3) is 0 Å². The number of hydrogen-bond donors (Lipinski definition) is 1. The summed E-state index contributed by atoms with van der Waals surface area (Å²) >= 11 is 0. The van der Waals surface area contributed by atoms with Gasteiger partial charge in [-0.3, -0.25) is 14.8 Å². The van der Waals surface area contributed by atoms with E-state index in [4.69, 9.17) is 9.47 Å². The van der Waals surface area contributed by atoms with Crippen LogP contribution in [0, 0.1) is 29.5 Å². The summed E-state index contributed by atoms with van der Waals surface area (Å²) in [6, 6.07) is 6.76. The van der Waals surface area contributed by atoms with Gasteiger partial charge in [-0.25, -0.2) is 18.0 Å². The number of hydrogen-bond acceptors (Lipinski definition) is 6. The maximum absolute atomic E-state index is 14.5. The molecule has 3 aromatic rings. The highest BCUT2D eigenvalue weighted by molar-refractivity contribution is 5.92. The first-order valence-corrected chi connectivity index (χ1v) is 11.2. The van der Waals surface area contributed by atoms with Crippen LogP contribution in [0.5, 0.6) is 0 Å². The Morgan fingerprint density at radius 3 is 2.49 bits per heavy atom. The van der Waals surface area contributed by atoms with E-state index < -0.39 is 35.4 Å². The number of amides is 2. The van der Waals surface area contributed by atoms with Gasteiger partial charge in [-0.15, -0.1) is 0 Å². The van der Waals surface area contributed by atoms with Crippen molar-refractivity contribution in [1.82, 2.24) is 14.9 Å². The molecule has 0 spiro atoms. The summed E-state index contributed by atoms with van der Waals surface area (Å²) in [6.07, 6.45) is 5.70. The molecule has 1 aliphatic heterocycles. The van der Waals surface area contributed by atoms with Gasteiger partial charge in [0.05, 0.1) is 43.1 Å². The van der Waals surface area contributed by atoms with Crippen LogP contribution in [-0.4, -0.2) is 53.2 Å². The Balaban J connectivity index is 1.52. The minimum atomic E-state index is -0.844. The largest absolute Gasteiger partial charge is 0.424 e. The Morgan fingerprint density at radius 1 is 1.03 bits per heavy atom. The number of morpholine rings is 1. The van der Waals surface area contributed by atoms with E-state index in [0.717, 1.165) is 12.4 Å². The van der Waals surface area contributed by atoms with Crippen LogP contribution in [0.15, 0.2) is 55.1 Å². The zero-order valence-electron chi connectivity index (χ0n) is 19.4. The normalized spacial score (nSPS) is 13.8. The smallest absolute Gasteiger partial charge is 0.378 e. The standard InChI is InChI=1S/C26H21F3N4O4/c27-18-3-1-17(2-4-18)21(19-5-7-30-14-22(19)28)13-25(34)32-24-16-31-15-23(29)20(24)6-10-37-26(35)33-8-11-36-12-9-33/h1-5,7,14-16,21H,8-9,11-13H2,(H,32,34)/t21-/m1/s1. The van der Waals surface area contributed by atoms with Crippen molar-refractivity contribution in [3.05, 3.63) is 89.3 Å². The van der Waals surface area contributed by atoms with E-state index in [0.29, 0.717) is 31.9 Å². The Labute approximate surface area is 210 Å². The first kappa shape index (κ1) is 25.7. The van der Waals surface area contributed by atoms with E-state index in [1.807, 2.05) is 0 Å². The second-order valence-corrected chi connectivity index (χ2v) is 7.99. The molecule has 1 atom stereocenters. The number of carbonyl (C=O) groups excluding carboxylic acids is 2. The average Bonchev–Trinajstić information content (AvgIpc) is 2.90. The number of nitrogens with one attached hydrogen (secondary N) is 1. The van der Waals surface area contributed by atoms with Crippen LogP contribution in [0.3, 0.4) is 0 Å². The third-order valence-electron chi connectivity index (χ3n) is 5.60. The summed E-state index contributed by atoms with van der Waals surface area (Å²) in [5.41, 5.74) is 0.373. The van der Waals surface area contributed by atoms with Gasteiger partial charge in [-0.1, -0.05) is 12.1 Å². The second-order valence-electron chi connectivity index (χ2n) is 7.99. The lowest BCUT2D eigenvalue weighted by atomic mass is 9.88. The van der Waals surface area contributed by atoms with Crippen LogP contribution in [0.2, 0.25) is 0 Å². The minimum Gasteiger partial charge on any atom is -0.378 e. The zero-order chi connectivity index (χ0) is 26.2. The Hall–Kier alpha value is -4.43. The van der Waals surface area contributed by atoms with E-state index in [1.54, 1.807) is 0 Å². The third-order valence-corrected chi connectivity index (χ3v) is 5.60. The zero-order valence-corrected chi connectivity index (χ0v) is 19.4. The monoisotopic (exact) mass is 510 g/mol. The fourth-order valence-corrected chi connectivity index (χ4v) is 3.75. The van der Waals surface area contributed by atoms with Gasteiger partial charge in [-0.05, 0) is 35.2 Å². The molecule has 4 rings (SSSR count). The van der Waals surface area contributed by atoms with E-state index >= 15 is 0 Å². The molecule has 2 amide bonds. The molecule has 11 heteroatoms. The predicted octanol–water partition coefficient (Wildman–Crippen LogP) is 3.83. The SMILES string of the molecule is O=C(C[C@H](c1ccc(F)cc1)c1ccncc1F)Nc1cncc(F)c1C#COC(=O)N1CCOCC1. The van der Waals surface area contributed by atoms with E-state index in [9.17, 15) is 22.8 Å². The Bertz CT molecular complexity index is 1340.